The topological polar surface area (TPSA) is 52.3 Å². The van der Waals surface area contributed by atoms with Gasteiger partial charge in [0.2, 0.25) is 0 Å². The zero-order valence-corrected chi connectivity index (χ0v) is 12.1. The van der Waals surface area contributed by atoms with Crippen molar-refractivity contribution in [2.24, 2.45) is 0 Å². The molecule has 0 radical (unpaired) electrons. The van der Waals surface area contributed by atoms with Crippen LogP contribution in [-0.2, 0) is 0 Å². The van der Waals surface area contributed by atoms with E-state index in [9.17, 15) is 4.79 Å². The smallest absolute Gasteiger partial charge is 0.343 e. The van der Waals surface area contributed by atoms with Gasteiger partial charge in [-0.2, -0.15) is 0 Å². The monoisotopic (exact) mass is 281 g/mol. The Morgan fingerprint density at radius 3 is 2.62 bits per heavy atom. The number of hydrogen-bond acceptors (Lipinski definition) is 4. The number of hydrogen-bond donors (Lipinski definition) is 0. The standard InChI is InChI=1S/C17H15NO3/c1-10-4-5-13(8-11(10)2)17(19)21-14-6-7-16-15(9-14)18-12(3)20-16/h4-9H,1-3H3. The van der Waals surface area contributed by atoms with Crippen LogP contribution in [0.3, 0.4) is 0 Å². The van der Waals surface area contributed by atoms with Gasteiger partial charge >= 0.3 is 5.97 Å². The van der Waals surface area contributed by atoms with Gasteiger partial charge in [-0.05, 0) is 49.2 Å². The largest absolute Gasteiger partial charge is 0.441 e. The molecule has 4 nitrogen and oxygen atoms in total. The first-order valence-corrected chi connectivity index (χ1v) is 6.69. The molecule has 0 aliphatic carbocycles. The summed E-state index contributed by atoms with van der Waals surface area (Å²) >= 11 is 0. The van der Waals surface area contributed by atoms with Crippen molar-refractivity contribution in [3.05, 3.63) is 59.0 Å². The third kappa shape index (κ3) is 2.65. The molecule has 0 aliphatic heterocycles. The number of benzene rings is 2. The van der Waals surface area contributed by atoms with Gasteiger partial charge in [0.15, 0.2) is 11.5 Å². The lowest BCUT2D eigenvalue weighted by Crippen LogP contribution is -2.08. The highest BCUT2D eigenvalue weighted by atomic mass is 16.5. The summed E-state index contributed by atoms with van der Waals surface area (Å²) in [5.41, 5.74) is 4.10. The van der Waals surface area contributed by atoms with E-state index in [1.54, 1.807) is 31.2 Å². The first-order valence-electron chi connectivity index (χ1n) is 6.69. The molecule has 106 valence electrons. The minimum Gasteiger partial charge on any atom is -0.441 e. The summed E-state index contributed by atoms with van der Waals surface area (Å²) in [7, 11) is 0. The summed E-state index contributed by atoms with van der Waals surface area (Å²) in [5.74, 6) is 0.666. The van der Waals surface area contributed by atoms with Crippen molar-refractivity contribution >= 4 is 17.1 Å². The number of carbonyl (C=O) groups excluding carboxylic acids is 1. The number of oxazole rings is 1. The van der Waals surface area contributed by atoms with Crippen molar-refractivity contribution in [2.75, 3.05) is 0 Å². The predicted molar refractivity (Wildman–Crippen MR) is 79.6 cm³/mol. The molecular weight excluding hydrogens is 266 g/mol. The lowest BCUT2D eigenvalue weighted by atomic mass is 10.1. The van der Waals surface area contributed by atoms with E-state index in [1.165, 1.54) is 0 Å². The van der Waals surface area contributed by atoms with E-state index in [0.717, 1.165) is 11.1 Å². The number of fused-ring (bicyclic) bond motifs is 1. The van der Waals surface area contributed by atoms with Crippen molar-refractivity contribution in [3.8, 4) is 5.75 Å². The fourth-order valence-corrected chi connectivity index (χ4v) is 2.12. The molecule has 0 unspecified atom stereocenters. The van der Waals surface area contributed by atoms with Gasteiger partial charge in [0.05, 0.1) is 5.56 Å². The average molecular weight is 281 g/mol. The molecule has 0 N–H and O–H groups in total. The quantitative estimate of drug-likeness (QED) is 0.527. The fourth-order valence-electron chi connectivity index (χ4n) is 2.12. The van der Waals surface area contributed by atoms with Crippen molar-refractivity contribution in [1.29, 1.82) is 0 Å². The van der Waals surface area contributed by atoms with Crippen LogP contribution in [-0.4, -0.2) is 11.0 Å². The van der Waals surface area contributed by atoms with Gasteiger partial charge in [0.1, 0.15) is 11.3 Å². The number of aromatic nitrogens is 1. The first kappa shape index (κ1) is 13.4. The Morgan fingerprint density at radius 2 is 1.86 bits per heavy atom. The summed E-state index contributed by atoms with van der Waals surface area (Å²) in [6.45, 7) is 5.75. The molecule has 0 spiro atoms. The van der Waals surface area contributed by atoms with Gasteiger partial charge in [-0.1, -0.05) is 6.07 Å². The zero-order chi connectivity index (χ0) is 15.0. The molecule has 0 aliphatic rings. The minimum atomic E-state index is -0.377. The van der Waals surface area contributed by atoms with Crippen LogP contribution in [0.15, 0.2) is 40.8 Å². The first-order chi connectivity index (χ1) is 10.0. The van der Waals surface area contributed by atoms with E-state index in [4.69, 9.17) is 9.15 Å². The van der Waals surface area contributed by atoms with Crippen LogP contribution in [0.25, 0.3) is 11.1 Å². The molecule has 4 heteroatoms. The lowest BCUT2D eigenvalue weighted by molar-refractivity contribution is 0.0735. The number of nitrogens with zero attached hydrogens (tertiary/aromatic N) is 1. The Hall–Kier alpha value is -2.62. The van der Waals surface area contributed by atoms with E-state index in [1.807, 2.05) is 26.0 Å². The van der Waals surface area contributed by atoms with E-state index >= 15 is 0 Å². The Morgan fingerprint density at radius 1 is 1.05 bits per heavy atom. The second-order valence-electron chi connectivity index (χ2n) is 5.05. The van der Waals surface area contributed by atoms with Gasteiger partial charge < -0.3 is 9.15 Å². The van der Waals surface area contributed by atoms with Gasteiger partial charge in [0, 0.05) is 13.0 Å². The third-order valence-corrected chi connectivity index (χ3v) is 3.42. The van der Waals surface area contributed by atoms with Crippen molar-refractivity contribution in [3.63, 3.8) is 0 Å². The molecule has 0 amide bonds. The molecule has 3 rings (SSSR count). The predicted octanol–water partition coefficient (Wildman–Crippen LogP) is 3.97. The summed E-state index contributed by atoms with van der Waals surface area (Å²) in [5, 5.41) is 0. The van der Waals surface area contributed by atoms with Gasteiger partial charge in [-0.25, -0.2) is 9.78 Å². The van der Waals surface area contributed by atoms with Crippen molar-refractivity contribution < 1.29 is 13.9 Å². The highest BCUT2D eigenvalue weighted by molar-refractivity contribution is 5.91. The van der Waals surface area contributed by atoms with E-state index < -0.39 is 0 Å². The van der Waals surface area contributed by atoms with Crippen LogP contribution in [0.4, 0.5) is 0 Å². The van der Waals surface area contributed by atoms with Crippen molar-refractivity contribution in [1.82, 2.24) is 4.98 Å². The average Bonchev–Trinajstić information content (AvgIpc) is 2.81. The third-order valence-electron chi connectivity index (χ3n) is 3.42. The van der Waals surface area contributed by atoms with E-state index in [2.05, 4.69) is 4.98 Å². The highest BCUT2D eigenvalue weighted by Gasteiger charge is 2.11. The normalized spacial score (nSPS) is 10.8. The molecular formula is C17H15NO3. The molecule has 3 aromatic rings. The van der Waals surface area contributed by atoms with Crippen LogP contribution in [0.1, 0.15) is 27.4 Å². The van der Waals surface area contributed by atoms with Crippen LogP contribution >= 0.6 is 0 Å². The Labute approximate surface area is 122 Å². The summed E-state index contributed by atoms with van der Waals surface area (Å²) in [6.07, 6.45) is 0. The van der Waals surface area contributed by atoms with E-state index in [0.29, 0.717) is 28.3 Å². The molecule has 2 aromatic carbocycles. The molecule has 1 heterocycles. The molecule has 0 fully saturated rings. The van der Waals surface area contributed by atoms with Gasteiger partial charge in [0.25, 0.3) is 0 Å². The van der Waals surface area contributed by atoms with Gasteiger partial charge in [-0.3, -0.25) is 0 Å². The lowest BCUT2D eigenvalue weighted by Gasteiger charge is -2.06. The number of esters is 1. The van der Waals surface area contributed by atoms with Crippen LogP contribution in [0.2, 0.25) is 0 Å². The number of rotatable bonds is 2. The summed E-state index contributed by atoms with van der Waals surface area (Å²) in [6, 6.07) is 10.7. The summed E-state index contributed by atoms with van der Waals surface area (Å²) in [4.78, 5) is 16.4. The second-order valence-corrected chi connectivity index (χ2v) is 5.05. The number of ether oxygens (including phenoxy) is 1. The fraction of sp³-hybridized carbons (Fsp3) is 0.176. The van der Waals surface area contributed by atoms with Crippen molar-refractivity contribution in [2.45, 2.75) is 20.8 Å². The molecule has 0 bridgehead atoms. The molecule has 0 saturated carbocycles. The maximum absolute atomic E-state index is 12.2. The molecule has 1 aromatic heterocycles. The highest BCUT2D eigenvalue weighted by Crippen LogP contribution is 2.22. The maximum Gasteiger partial charge on any atom is 0.343 e. The van der Waals surface area contributed by atoms with E-state index in [-0.39, 0.29) is 5.97 Å². The minimum absolute atomic E-state index is 0.377. The Bertz CT molecular complexity index is 833. The van der Waals surface area contributed by atoms with Crippen LogP contribution < -0.4 is 4.74 Å². The van der Waals surface area contributed by atoms with Gasteiger partial charge in [-0.15, -0.1) is 0 Å². The molecule has 0 atom stereocenters. The van der Waals surface area contributed by atoms with Crippen LogP contribution in [0.5, 0.6) is 5.75 Å². The van der Waals surface area contributed by atoms with Crippen LogP contribution in [0, 0.1) is 20.8 Å². The molecule has 21 heavy (non-hydrogen) atoms. The Balaban J connectivity index is 1.86. The zero-order valence-electron chi connectivity index (χ0n) is 12.1. The maximum atomic E-state index is 12.2. The Kier molecular flexibility index (Phi) is 3.22. The summed E-state index contributed by atoms with van der Waals surface area (Å²) < 4.78 is 10.8. The molecule has 0 saturated heterocycles. The SMILES string of the molecule is Cc1nc2cc(OC(=O)c3ccc(C)c(C)c3)ccc2o1. The second kappa shape index (κ2) is 5.05. The number of aryl methyl sites for hydroxylation is 3. The number of carbonyl (C=O) groups is 1.